The molecule has 6 aromatic carbocycles. The molecule has 132 heavy (non-hydrogen) atoms. The first-order valence-electron chi connectivity index (χ1n) is 43.8. The Balaban J connectivity index is 0.000000141. The minimum absolute atomic E-state index is 0.0196. The number of fused-ring (bicyclic) bond motifs is 1. The second-order valence-electron chi connectivity index (χ2n) is 34.1. The molecule has 6 N–H and O–H groups in total. The summed E-state index contributed by atoms with van der Waals surface area (Å²) in [5.41, 5.74) is 2.73. The van der Waals surface area contributed by atoms with Crippen LogP contribution in [0.3, 0.4) is 0 Å². The van der Waals surface area contributed by atoms with E-state index in [1.54, 1.807) is 125 Å². The Hall–Kier alpha value is -14.0. The van der Waals surface area contributed by atoms with Crippen LogP contribution in [0.25, 0.3) is 0 Å². The van der Waals surface area contributed by atoms with Crippen LogP contribution in [-0.2, 0) is 69.3 Å². The molecule has 0 radical (unpaired) electrons. The number of imide groups is 7. The topological polar surface area (TPSA) is 401 Å². The standard InChI is InChI=1S/C23H31N5O3.C20H16N2O6.C18H22ClN3O3.C17H21FN2O3.C17H16N4O4/c1-18(9-14-27-13-4-12-24-27)26-15-10-23(11-16-26)21(29)28(22(30)25(23)2)17-19-5-7-20(31-3)8-6-19;1-12(13-5-3-2-4-6-13)22-19(25)18(24)21(20(22)26)10-15(23)14-7-8-16-17(9-14)28-11-27-16;1-20-17(24)13-6-8-21(9-7-13)15-10-16(23)22(18(15)25)11-12-2-4-14(19)5-3-12;1-11-5-7-17(8-6-11)15(21)20(16(22)19-17)10-12-3-4-14(23-2)13(18)9-12;1-11(12-6-3-2-4-7-12)21-16(24)15(23)19(17(21)25)10-14(22)13-8-5-9-20(13)18/h4-8,12-13,18H,9-11,14-17H2,1-3H3;2-9,12H,10-11H2,1H3;2-5,13,15H,6-11H2,1H3,(H,20,24);3-4,9,11H,5-8,10H2,1-2H3,(H,19,22);2-9,11H,10,18H2,1H3/p+2/t18-;12-;15-;;11-/m100.0/s1. The average molecular weight is 1830 g/mol. The molecule has 0 bridgehead atoms. The fourth-order valence-electron chi connectivity index (χ4n) is 18.0. The number of likely N-dealkylation sites (N-methyl/N-ethyl adjacent to an activating group) is 1. The number of hydrogen-bond acceptors (Lipinski definition) is 21. The molecule has 2 spiro atoms. The van der Waals surface area contributed by atoms with E-state index >= 15 is 0 Å². The summed E-state index contributed by atoms with van der Waals surface area (Å²) in [6, 6.07) is 43.2. The predicted octanol–water partition coefficient (Wildman–Crippen LogP) is 7.11. The molecule has 17 rings (SSSR count). The van der Waals surface area contributed by atoms with Crippen LogP contribution < -0.4 is 45.2 Å². The van der Waals surface area contributed by atoms with Gasteiger partial charge in [0.15, 0.2) is 34.9 Å². The molecule has 1 saturated carbocycles. The zero-order valence-electron chi connectivity index (χ0n) is 74.6. The van der Waals surface area contributed by atoms with Gasteiger partial charge in [-0.05, 0) is 153 Å². The minimum atomic E-state index is -1.02. The van der Waals surface area contributed by atoms with Gasteiger partial charge in [0.1, 0.15) is 22.5 Å². The van der Waals surface area contributed by atoms with Gasteiger partial charge in [-0.3, -0.25) is 76.8 Å². The molecule has 8 fully saturated rings. The number of carbonyl (C=O) groups excluding carboxylic acids is 15. The van der Waals surface area contributed by atoms with Gasteiger partial charge in [0.25, 0.3) is 17.7 Å². The number of nitrogen functional groups attached to an aromatic ring is 1. The smallest absolute Gasteiger partial charge is 0.335 e. The van der Waals surface area contributed by atoms with Crippen molar-refractivity contribution in [3.63, 3.8) is 0 Å². The van der Waals surface area contributed by atoms with Crippen molar-refractivity contribution >= 4 is 100 Å². The maximum Gasteiger partial charge on any atom is 0.335 e. The lowest BCUT2D eigenvalue weighted by Gasteiger charge is -2.40. The average Bonchev–Trinajstić information content (AvgIpc) is 1.58. The molecule has 10 heterocycles. The predicted molar refractivity (Wildman–Crippen MR) is 474 cm³/mol. The fourth-order valence-corrected chi connectivity index (χ4v) is 18.1. The van der Waals surface area contributed by atoms with Gasteiger partial charge in [0.05, 0.1) is 97.7 Å². The number of halogens is 2. The van der Waals surface area contributed by atoms with Crippen molar-refractivity contribution in [2.24, 2.45) is 11.8 Å². The number of urea groups is 4. The Labute approximate surface area is 766 Å². The molecule has 37 heteroatoms. The van der Waals surface area contributed by atoms with Gasteiger partial charge in [-0.15, -0.1) is 0 Å². The third-order valence-corrected chi connectivity index (χ3v) is 26.4. The molecule has 17 amide bonds. The number of aromatic nitrogens is 3. The Bertz CT molecular complexity index is 5650. The van der Waals surface area contributed by atoms with Crippen LogP contribution in [0.5, 0.6) is 23.0 Å². The lowest BCUT2D eigenvalue weighted by atomic mass is 9.77. The fraction of sp³-hybridized carbons (Fsp3) is 0.389. The summed E-state index contributed by atoms with van der Waals surface area (Å²) < 4.78 is 37.3. The van der Waals surface area contributed by atoms with E-state index in [2.05, 4.69) is 29.6 Å². The highest BCUT2D eigenvalue weighted by atomic mass is 35.5. The van der Waals surface area contributed by atoms with Gasteiger partial charge in [-0.1, -0.05) is 110 Å². The number of piperidine rings is 2. The molecule has 2 aromatic heterocycles. The molecule has 694 valence electrons. The van der Waals surface area contributed by atoms with Crippen molar-refractivity contribution in [2.45, 2.75) is 153 Å². The summed E-state index contributed by atoms with van der Waals surface area (Å²) in [4.78, 5) is 199. The first kappa shape index (κ1) is 95.6. The summed E-state index contributed by atoms with van der Waals surface area (Å²) in [6.07, 6.45) is 12.7. The number of carbonyl (C=O) groups is 15. The Morgan fingerprint density at radius 2 is 1.17 bits per heavy atom. The summed E-state index contributed by atoms with van der Waals surface area (Å²) in [7, 11) is 6.44. The van der Waals surface area contributed by atoms with E-state index in [1.807, 2.05) is 65.5 Å². The van der Waals surface area contributed by atoms with E-state index in [-0.39, 0.29) is 90.3 Å². The summed E-state index contributed by atoms with van der Waals surface area (Å²) in [5, 5.41) is 10.5. The molecular formula is C95H108ClFN16O19+2. The number of nitrogens with zero attached hydrogens (tertiary/aromatic N) is 11. The molecular weight excluding hydrogens is 1720 g/mol. The molecule has 4 atom stereocenters. The van der Waals surface area contributed by atoms with Crippen LogP contribution in [0.4, 0.5) is 23.6 Å². The van der Waals surface area contributed by atoms with E-state index in [1.165, 1.54) is 63.2 Å². The van der Waals surface area contributed by atoms with E-state index in [9.17, 15) is 76.3 Å². The molecule has 8 aromatic rings. The summed E-state index contributed by atoms with van der Waals surface area (Å²) in [5.74, 6) is 2.19. The van der Waals surface area contributed by atoms with Gasteiger partial charge in [0, 0.05) is 87.8 Å². The van der Waals surface area contributed by atoms with Crippen molar-refractivity contribution < 1.29 is 105 Å². The quantitative estimate of drug-likeness (QED) is 0.0132. The van der Waals surface area contributed by atoms with Gasteiger partial charge in [-0.2, -0.15) is 5.10 Å². The van der Waals surface area contributed by atoms with E-state index < -0.39 is 89.3 Å². The van der Waals surface area contributed by atoms with Crippen LogP contribution in [0, 0.1) is 17.7 Å². The van der Waals surface area contributed by atoms with Crippen molar-refractivity contribution in [1.82, 2.24) is 64.3 Å². The van der Waals surface area contributed by atoms with Crippen LogP contribution in [0.1, 0.15) is 153 Å². The number of nitrogens with two attached hydrogens (primary N) is 1. The van der Waals surface area contributed by atoms with E-state index in [0.29, 0.717) is 93.7 Å². The van der Waals surface area contributed by atoms with Gasteiger partial charge >= 0.3 is 47.8 Å². The zero-order valence-corrected chi connectivity index (χ0v) is 75.4. The molecule has 0 unspecified atom stereocenters. The molecule has 9 aliphatic rings. The first-order valence-corrected chi connectivity index (χ1v) is 44.2. The van der Waals surface area contributed by atoms with Crippen molar-refractivity contribution in [2.75, 3.05) is 80.2 Å². The van der Waals surface area contributed by atoms with E-state index in [0.717, 1.165) is 101 Å². The largest absolute Gasteiger partial charge is 0.497 e. The number of nitrogens with one attached hydrogen (secondary N) is 4. The lowest BCUT2D eigenvalue weighted by molar-refractivity contribution is -0.929. The van der Waals surface area contributed by atoms with Gasteiger partial charge in [-0.25, -0.2) is 43.2 Å². The van der Waals surface area contributed by atoms with Crippen LogP contribution in [-0.4, -0.2) is 240 Å². The number of ether oxygens (including phenoxy) is 4. The van der Waals surface area contributed by atoms with Gasteiger partial charge in [0.2, 0.25) is 24.4 Å². The first-order chi connectivity index (χ1) is 63.3. The second-order valence-corrected chi connectivity index (χ2v) is 34.6. The van der Waals surface area contributed by atoms with Crippen LogP contribution in [0.15, 0.2) is 182 Å². The molecule has 8 aliphatic heterocycles. The highest BCUT2D eigenvalue weighted by molar-refractivity contribution is 6.46. The summed E-state index contributed by atoms with van der Waals surface area (Å²) >= 11 is 5.88. The van der Waals surface area contributed by atoms with Crippen LogP contribution in [0.2, 0.25) is 5.02 Å². The number of rotatable bonds is 24. The monoisotopic (exact) mass is 1830 g/mol. The third kappa shape index (κ3) is 20.9. The lowest BCUT2D eigenvalue weighted by Crippen LogP contribution is -3.17. The SMILES string of the molecule is CNC(=O)C1CC[NH+]([C@H]2CC(=O)N(Cc3ccc(Cl)cc3)C2=O)CC1.COc1ccc(CN2C(=O)N(C)C3(CC[NH+]([C@H](C)CCn4cccn4)CC3)C2=O)cc1.COc1ccc(CN2C(=O)NC3(CCC(C)CC3)C2=O)cc1F.C[C@@H](c1ccccc1)N1C(=O)C(=O)N(CC(=O)c2ccc3c(c2)OCO3)C1=O.C[C@@H](c1ccccc1)N1C(=O)C(=O)N(CC(=O)c2cccn2N)C1=O. The Kier molecular flexibility index (Phi) is 30.3. The van der Waals surface area contributed by atoms with Crippen molar-refractivity contribution in [1.29, 1.82) is 0 Å². The normalized spacial score (nSPS) is 22.2. The molecule has 1 aliphatic carbocycles. The van der Waals surface area contributed by atoms with E-state index in [4.69, 9.17) is 36.4 Å². The highest BCUT2D eigenvalue weighted by Gasteiger charge is 2.59. The zero-order chi connectivity index (χ0) is 94.6. The van der Waals surface area contributed by atoms with Crippen molar-refractivity contribution in [3.05, 3.63) is 232 Å². The number of ketones is 2. The Morgan fingerprint density at radius 3 is 1.73 bits per heavy atom. The maximum atomic E-state index is 13.8. The minimum Gasteiger partial charge on any atom is -0.497 e. The molecule has 7 saturated heterocycles. The van der Waals surface area contributed by atoms with Gasteiger partial charge < -0.3 is 50.1 Å². The third-order valence-electron chi connectivity index (χ3n) is 26.1. The number of Topliss-reactive ketones (excluding diaryl/α,β-unsaturated/α-hetero) is 2. The Morgan fingerprint density at radius 1 is 0.606 bits per heavy atom. The number of hydrogen-bond donors (Lipinski definition) is 5. The number of aryl methyl sites for hydroxylation is 1. The van der Waals surface area contributed by atoms with Crippen LogP contribution >= 0.6 is 11.6 Å². The highest BCUT2D eigenvalue weighted by Crippen LogP contribution is 2.40. The summed E-state index contributed by atoms with van der Waals surface area (Å²) in [6.45, 7) is 11.6. The second kappa shape index (κ2) is 41.8. The number of benzene rings is 6. The number of amides is 17. The number of methoxy groups -OCH3 is 2. The maximum absolute atomic E-state index is 13.8. The van der Waals surface area contributed by atoms with Crippen molar-refractivity contribution in [3.8, 4) is 23.0 Å². The number of quaternary nitrogens is 2. The number of likely N-dealkylation sites (tertiary alicyclic amines) is 3. The molecule has 35 nitrogen and oxygen atoms in total.